The van der Waals surface area contributed by atoms with E-state index in [0.717, 1.165) is 55.4 Å². The second-order valence-corrected chi connectivity index (χ2v) is 5.04. The quantitative estimate of drug-likeness (QED) is 0.891. The predicted octanol–water partition coefficient (Wildman–Crippen LogP) is 1.65. The van der Waals surface area contributed by atoms with Gasteiger partial charge in [0.25, 0.3) is 0 Å². The molecule has 0 unspecified atom stereocenters. The molecule has 2 heterocycles. The third-order valence-corrected chi connectivity index (χ3v) is 3.81. The van der Waals surface area contributed by atoms with Gasteiger partial charge in [0, 0.05) is 32.2 Å². The van der Waals surface area contributed by atoms with Crippen LogP contribution in [0.4, 0.5) is 0 Å². The van der Waals surface area contributed by atoms with Gasteiger partial charge in [-0.1, -0.05) is 18.5 Å². The fourth-order valence-corrected chi connectivity index (χ4v) is 2.72. The summed E-state index contributed by atoms with van der Waals surface area (Å²) in [6.07, 6.45) is 1.97. The molecule has 0 spiro atoms. The molecule has 1 aliphatic rings. The van der Waals surface area contributed by atoms with Crippen molar-refractivity contribution in [1.29, 1.82) is 0 Å². The first-order chi connectivity index (χ1) is 8.15. The summed E-state index contributed by atoms with van der Waals surface area (Å²) in [5, 5.41) is 5.38. The van der Waals surface area contributed by atoms with E-state index in [1.807, 2.05) is 4.68 Å². The zero-order valence-corrected chi connectivity index (χ0v) is 11.4. The third-order valence-electron chi connectivity index (χ3n) is 3.38. The van der Waals surface area contributed by atoms with Crippen molar-refractivity contribution < 1.29 is 0 Å². The molecule has 1 atom stereocenters. The van der Waals surface area contributed by atoms with E-state index in [1.54, 1.807) is 0 Å². The van der Waals surface area contributed by atoms with Crippen molar-refractivity contribution in [3.05, 3.63) is 16.4 Å². The standard InChI is InChI=1S/C12H21ClN4/c1-3-10-12(13)11(17(4-2)15-10)8-16-6-5-9(14)7-16/h9H,3-8,14H2,1-2H3/t9-/m1/s1. The summed E-state index contributed by atoms with van der Waals surface area (Å²) in [5.74, 6) is 0. The SMILES string of the molecule is CCc1nn(CC)c(CN2CC[C@@H](N)C2)c1Cl. The highest BCUT2D eigenvalue weighted by Gasteiger charge is 2.22. The predicted molar refractivity (Wildman–Crippen MR) is 70.2 cm³/mol. The minimum Gasteiger partial charge on any atom is -0.326 e. The van der Waals surface area contributed by atoms with Gasteiger partial charge in [-0.05, 0) is 19.8 Å². The van der Waals surface area contributed by atoms with Crippen molar-refractivity contribution >= 4 is 11.6 Å². The normalized spacial score (nSPS) is 21.3. The minimum atomic E-state index is 0.317. The van der Waals surface area contributed by atoms with Crippen LogP contribution in [0.5, 0.6) is 0 Å². The van der Waals surface area contributed by atoms with Gasteiger partial charge in [-0.25, -0.2) is 0 Å². The van der Waals surface area contributed by atoms with Crippen molar-refractivity contribution in [3.8, 4) is 0 Å². The van der Waals surface area contributed by atoms with Crippen LogP contribution in [-0.4, -0.2) is 33.8 Å². The van der Waals surface area contributed by atoms with Crippen molar-refractivity contribution in [2.75, 3.05) is 13.1 Å². The summed E-state index contributed by atoms with van der Waals surface area (Å²) < 4.78 is 2.02. The van der Waals surface area contributed by atoms with E-state index in [9.17, 15) is 0 Å². The maximum Gasteiger partial charge on any atom is 0.0863 e. The summed E-state index contributed by atoms with van der Waals surface area (Å²) in [7, 11) is 0. The summed E-state index contributed by atoms with van der Waals surface area (Å²) in [6.45, 7) is 7.95. The van der Waals surface area contributed by atoms with Crippen LogP contribution in [-0.2, 0) is 19.5 Å². The number of hydrogen-bond acceptors (Lipinski definition) is 3. The van der Waals surface area contributed by atoms with E-state index in [4.69, 9.17) is 17.3 Å². The Bertz CT molecular complexity index is 388. The number of nitrogens with zero attached hydrogens (tertiary/aromatic N) is 3. The number of aryl methyl sites for hydroxylation is 2. The highest BCUT2D eigenvalue weighted by molar-refractivity contribution is 6.31. The van der Waals surface area contributed by atoms with Gasteiger partial charge in [-0.15, -0.1) is 0 Å². The maximum absolute atomic E-state index is 6.38. The maximum atomic E-state index is 6.38. The second kappa shape index (κ2) is 5.38. The summed E-state index contributed by atoms with van der Waals surface area (Å²) in [4.78, 5) is 2.36. The Morgan fingerprint density at radius 1 is 1.47 bits per heavy atom. The first kappa shape index (κ1) is 12.9. The van der Waals surface area contributed by atoms with Crippen molar-refractivity contribution in [2.45, 2.75) is 45.8 Å². The van der Waals surface area contributed by atoms with Crippen LogP contribution in [0.3, 0.4) is 0 Å². The number of nitrogens with two attached hydrogens (primary N) is 1. The van der Waals surface area contributed by atoms with E-state index < -0.39 is 0 Å². The Morgan fingerprint density at radius 2 is 2.24 bits per heavy atom. The van der Waals surface area contributed by atoms with Gasteiger partial charge in [0.15, 0.2) is 0 Å². The molecule has 0 saturated carbocycles. The zero-order valence-electron chi connectivity index (χ0n) is 10.6. The molecule has 17 heavy (non-hydrogen) atoms. The van der Waals surface area contributed by atoms with Crippen molar-refractivity contribution in [1.82, 2.24) is 14.7 Å². The Hall–Kier alpha value is -0.580. The van der Waals surface area contributed by atoms with Gasteiger partial charge in [0.1, 0.15) is 0 Å². The molecule has 0 radical (unpaired) electrons. The molecule has 0 amide bonds. The first-order valence-corrected chi connectivity index (χ1v) is 6.75. The smallest absolute Gasteiger partial charge is 0.0863 e. The number of likely N-dealkylation sites (tertiary alicyclic amines) is 1. The molecule has 1 aromatic heterocycles. The van der Waals surface area contributed by atoms with E-state index >= 15 is 0 Å². The molecular weight excluding hydrogens is 236 g/mol. The minimum absolute atomic E-state index is 0.317. The Balaban J connectivity index is 2.16. The molecule has 1 aromatic rings. The number of rotatable bonds is 4. The molecule has 2 N–H and O–H groups in total. The van der Waals surface area contributed by atoms with Crippen LogP contribution in [0.15, 0.2) is 0 Å². The van der Waals surface area contributed by atoms with Crippen LogP contribution in [0.2, 0.25) is 5.02 Å². The Labute approximate surface area is 108 Å². The Kier molecular flexibility index (Phi) is 4.07. The van der Waals surface area contributed by atoms with Crippen LogP contribution in [0, 0.1) is 0 Å². The lowest BCUT2D eigenvalue weighted by molar-refractivity contribution is 0.315. The third kappa shape index (κ3) is 2.64. The highest BCUT2D eigenvalue weighted by Crippen LogP contribution is 2.24. The van der Waals surface area contributed by atoms with Gasteiger partial charge < -0.3 is 5.73 Å². The molecule has 1 saturated heterocycles. The van der Waals surface area contributed by atoms with Gasteiger partial charge in [-0.2, -0.15) is 5.10 Å². The summed E-state index contributed by atoms with van der Waals surface area (Å²) in [6, 6.07) is 0.317. The topological polar surface area (TPSA) is 47.1 Å². The average molecular weight is 257 g/mol. The van der Waals surface area contributed by atoms with Crippen molar-refractivity contribution in [3.63, 3.8) is 0 Å². The Morgan fingerprint density at radius 3 is 2.76 bits per heavy atom. The van der Waals surface area contributed by atoms with Gasteiger partial charge in [0.05, 0.1) is 16.4 Å². The zero-order chi connectivity index (χ0) is 12.4. The fourth-order valence-electron chi connectivity index (χ4n) is 2.39. The van der Waals surface area contributed by atoms with Gasteiger partial charge in [-0.3, -0.25) is 9.58 Å². The highest BCUT2D eigenvalue weighted by atomic mass is 35.5. The second-order valence-electron chi connectivity index (χ2n) is 4.66. The number of hydrogen-bond donors (Lipinski definition) is 1. The van der Waals surface area contributed by atoms with E-state index in [1.165, 1.54) is 0 Å². The van der Waals surface area contributed by atoms with Crippen LogP contribution >= 0.6 is 11.6 Å². The van der Waals surface area contributed by atoms with Crippen molar-refractivity contribution in [2.24, 2.45) is 5.73 Å². The lowest BCUT2D eigenvalue weighted by Gasteiger charge is -2.16. The first-order valence-electron chi connectivity index (χ1n) is 6.37. The van der Waals surface area contributed by atoms with Crippen LogP contribution in [0.1, 0.15) is 31.7 Å². The summed E-state index contributed by atoms with van der Waals surface area (Å²) in [5.41, 5.74) is 8.07. The number of halogens is 1. The monoisotopic (exact) mass is 256 g/mol. The number of aromatic nitrogens is 2. The molecule has 0 aromatic carbocycles. The van der Waals surface area contributed by atoms with E-state index in [0.29, 0.717) is 6.04 Å². The van der Waals surface area contributed by atoms with Gasteiger partial charge >= 0.3 is 0 Å². The molecule has 0 bridgehead atoms. The fraction of sp³-hybridized carbons (Fsp3) is 0.750. The average Bonchev–Trinajstić information content (AvgIpc) is 2.85. The van der Waals surface area contributed by atoms with Gasteiger partial charge in [0.2, 0.25) is 0 Å². The van der Waals surface area contributed by atoms with Crippen LogP contribution < -0.4 is 5.73 Å². The molecule has 1 aliphatic heterocycles. The van der Waals surface area contributed by atoms with E-state index in [2.05, 4.69) is 23.8 Å². The van der Waals surface area contributed by atoms with E-state index in [-0.39, 0.29) is 0 Å². The molecule has 96 valence electrons. The molecule has 4 nitrogen and oxygen atoms in total. The molecule has 0 aliphatic carbocycles. The van der Waals surface area contributed by atoms with Crippen LogP contribution in [0.25, 0.3) is 0 Å². The lowest BCUT2D eigenvalue weighted by Crippen LogP contribution is -2.27. The molecule has 5 heteroatoms. The molecule has 2 rings (SSSR count). The largest absolute Gasteiger partial charge is 0.326 e. The lowest BCUT2D eigenvalue weighted by atomic mass is 10.3. The summed E-state index contributed by atoms with van der Waals surface area (Å²) >= 11 is 6.38. The molecule has 1 fully saturated rings. The molecular formula is C12H21ClN4.